The second-order valence-electron chi connectivity index (χ2n) is 4.10. The first-order valence-electron chi connectivity index (χ1n) is 5.98. The Bertz CT molecular complexity index is 739. The molecule has 0 atom stereocenters. The second kappa shape index (κ2) is 7.37. The van der Waals surface area contributed by atoms with Gasteiger partial charge in [-0.1, -0.05) is 34.8 Å². The van der Waals surface area contributed by atoms with Crippen molar-refractivity contribution >= 4 is 40.8 Å². The SMILES string of the molecule is N#Cc1ccc(OC(=O)COc2cc(Cl)c(Cl)cc2Cl)cc1. The summed E-state index contributed by atoms with van der Waals surface area (Å²) < 4.78 is 10.3. The second-order valence-corrected chi connectivity index (χ2v) is 5.32. The van der Waals surface area contributed by atoms with Gasteiger partial charge in [0.25, 0.3) is 0 Å². The van der Waals surface area contributed by atoms with E-state index in [4.69, 9.17) is 49.5 Å². The van der Waals surface area contributed by atoms with Crippen molar-refractivity contribution in [3.05, 3.63) is 57.0 Å². The lowest BCUT2D eigenvalue weighted by Crippen LogP contribution is -2.17. The minimum Gasteiger partial charge on any atom is -0.480 e. The first-order chi connectivity index (χ1) is 10.5. The molecule has 0 saturated carbocycles. The van der Waals surface area contributed by atoms with Crippen LogP contribution >= 0.6 is 34.8 Å². The highest BCUT2D eigenvalue weighted by Crippen LogP contribution is 2.33. The van der Waals surface area contributed by atoms with Gasteiger partial charge in [0.05, 0.1) is 26.7 Å². The van der Waals surface area contributed by atoms with Gasteiger partial charge in [0.15, 0.2) is 6.61 Å². The minimum absolute atomic E-state index is 0.229. The Morgan fingerprint density at radius 1 is 1.05 bits per heavy atom. The van der Waals surface area contributed by atoms with E-state index in [1.165, 1.54) is 24.3 Å². The molecule has 4 nitrogen and oxygen atoms in total. The quantitative estimate of drug-likeness (QED) is 0.459. The first kappa shape index (κ1) is 16.4. The van der Waals surface area contributed by atoms with Gasteiger partial charge in [0.2, 0.25) is 0 Å². The van der Waals surface area contributed by atoms with E-state index in [0.717, 1.165) is 0 Å². The lowest BCUT2D eigenvalue weighted by molar-refractivity contribution is -0.136. The van der Waals surface area contributed by atoms with Crippen LogP contribution in [-0.2, 0) is 4.79 Å². The lowest BCUT2D eigenvalue weighted by Gasteiger charge is -2.09. The third kappa shape index (κ3) is 4.28. The van der Waals surface area contributed by atoms with Gasteiger partial charge in [-0.15, -0.1) is 0 Å². The molecule has 0 heterocycles. The highest BCUT2D eigenvalue weighted by Gasteiger charge is 2.11. The van der Waals surface area contributed by atoms with Crippen LogP contribution in [0.3, 0.4) is 0 Å². The van der Waals surface area contributed by atoms with E-state index < -0.39 is 5.97 Å². The van der Waals surface area contributed by atoms with Crippen LogP contribution < -0.4 is 9.47 Å². The normalized spacial score (nSPS) is 9.91. The van der Waals surface area contributed by atoms with Crippen LogP contribution in [0.2, 0.25) is 15.1 Å². The number of halogens is 3. The summed E-state index contributed by atoms with van der Waals surface area (Å²) in [5, 5.41) is 9.47. The largest absolute Gasteiger partial charge is 0.480 e. The number of carbonyl (C=O) groups is 1. The molecule has 0 bridgehead atoms. The summed E-state index contributed by atoms with van der Waals surface area (Å²) in [6.07, 6.45) is 0. The standard InChI is InChI=1S/C15H8Cl3NO3/c16-11-5-13(18)14(6-12(11)17)21-8-15(20)22-10-3-1-9(7-19)2-4-10/h1-6H,8H2. The monoisotopic (exact) mass is 355 g/mol. The van der Waals surface area contributed by atoms with Gasteiger partial charge >= 0.3 is 5.97 Å². The first-order valence-corrected chi connectivity index (χ1v) is 7.11. The third-order valence-electron chi connectivity index (χ3n) is 2.54. The molecule has 0 aliphatic heterocycles. The van der Waals surface area contributed by atoms with Gasteiger partial charge in [-0.25, -0.2) is 4.79 Å². The summed E-state index contributed by atoms with van der Waals surface area (Å²) >= 11 is 17.6. The molecule has 0 spiro atoms. The van der Waals surface area contributed by atoms with E-state index in [2.05, 4.69) is 0 Å². The summed E-state index contributed by atoms with van der Waals surface area (Å²) in [5.74, 6) is -0.0764. The zero-order chi connectivity index (χ0) is 16.1. The molecule has 0 saturated heterocycles. The molecule has 0 amide bonds. The fourth-order valence-electron chi connectivity index (χ4n) is 1.51. The molecule has 0 fully saturated rings. The summed E-state index contributed by atoms with van der Waals surface area (Å²) in [5.41, 5.74) is 0.471. The van der Waals surface area contributed by atoms with Gasteiger partial charge in [0.1, 0.15) is 11.5 Å². The van der Waals surface area contributed by atoms with E-state index in [0.29, 0.717) is 16.3 Å². The zero-order valence-corrected chi connectivity index (χ0v) is 13.2. The van der Waals surface area contributed by atoms with Crippen LogP contribution in [0.4, 0.5) is 0 Å². The molecule has 112 valence electrons. The topological polar surface area (TPSA) is 59.3 Å². The average Bonchev–Trinajstić information content (AvgIpc) is 2.50. The summed E-state index contributed by atoms with van der Waals surface area (Å²) in [6.45, 7) is -0.350. The number of benzene rings is 2. The maximum atomic E-state index is 11.7. The number of nitrogens with zero attached hydrogens (tertiary/aromatic N) is 1. The third-order valence-corrected chi connectivity index (χ3v) is 3.55. The number of carbonyl (C=O) groups excluding carboxylic acids is 1. The van der Waals surface area contributed by atoms with Crippen molar-refractivity contribution in [2.24, 2.45) is 0 Å². The van der Waals surface area contributed by atoms with Crippen molar-refractivity contribution < 1.29 is 14.3 Å². The van der Waals surface area contributed by atoms with Crippen molar-refractivity contribution in [2.75, 3.05) is 6.61 Å². The summed E-state index contributed by atoms with van der Waals surface area (Å²) in [6, 6.07) is 10.9. The lowest BCUT2D eigenvalue weighted by atomic mass is 10.2. The molecule has 0 aliphatic rings. The predicted octanol–water partition coefficient (Wildman–Crippen LogP) is 4.50. The van der Waals surface area contributed by atoms with Crippen LogP contribution in [-0.4, -0.2) is 12.6 Å². The Balaban J connectivity index is 1.95. The fraction of sp³-hybridized carbons (Fsp3) is 0.0667. The van der Waals surface area contributed by atoms with Gasteiger partial charge in [-0.3, -0.25) is 0 Å². The van der Waals surface area contributed by atoms with Crippen molar-refractivity contribution in [2.45, 2.75) is 0 Å². The van der Waals surface area contributed by atoms with Crippen molar-refractivity contribution in [3.8, 4) is 17.6 Å². The molecule has 2 aromatic carbocycles. The van der Waals surface area contributed by atoms with Crippen LogP contribution in [0.1, 0.15) is 5.56 Å². The van der Waals surface area contributed by atoms with E-state index in [1.54, 1.807) is 12.1 Å². The Kier molecular flexibility index (Phi) is 5.51. The Labute approximate surface area is 141 Å². The highest BCUT2D eigenvalue weighted by atomic mass is 35.5. The van der Waals surface area contributed by atoms with E-state index in [-0.39, 0.29) is 22.4 Å². The van der Waals surface area contributed by atoms with E-state index >= 15 is 0 Å². The molecular formula is C15H8Cl3NO3. The average molecular weight is 357 g/mol. The number of ether oxygens (including phenoxy) is 2. The molecule has 2 rings (SSSR count). The van der Waals surface area contributed by atoms with Gasteiger partial charge in [-0.05, 0) is 30.3 Å². The number of rotatable bonds is 4. The van der Waals surface area contributed by atoms with E-state index in [9.17, 15) is 4.79 Å². The van der Waals surface area contributed by atoms with Gasteiger partial charge < -0.3 is 9.47 Å². The van der Waals surface area contributed by atoms with Crippen LogP contribution in [0.15, 0.2) is 36.4 Å². The molecule has 0 radical (unpaired) electrons. The molecule has 0 unspecified atom stereocenters. The number of esters is 1. The van der Waals surface area contributed by atoms with Gasteiger partial charge in [0, 0.05) is 6.07 Å². The van der Waals surface area contributed by atoms with Crippen LogP contribution in [0, 0.1) is 11.3 Å². The maximum absolute atomic E-state index is 11.7. The maximum Gasteiger partial charge on any atom is 0.349 e. The molecule has 0 N–H and O–H groups in total. The predicted molar refractivity (Wildman–Crippen MR) is 83.8 cm³/mol. The van der Waals surface area contributed by atoms with Crippen molar-refractivity contribution in [1.82, 2.24) is 0 Å². The zero-order valence-electron chi connectivity index (χ0n) is 11.0. The number of nitriles is 1. The molecule has 0 aliphatic carbocycles. The Morgan fingerprint density at radius 2 is 1.68 bits per heavy atom. The summed E-state index contributed by atoms with van der Waals surface area (Å²) in [7, 11) is 0. The van der Waals surface area contributed by atoms with Crippen LogP contribution in [0.25, 0.3) is 0 Å². The number of hydrogen-bond donors (Lipinski definition) is 0. The van der Waals surface area contributed by atoms with E-state index in [1.807, 2.05) is 6.07 Å². The Morgan fingerprint density at radius 3 is 2.32 bits per heavy atom. The molecule has 2 aromatic rings. The number of hydrogen-bond acceptors (Lipinski definition) is 4. The van der Waals surface area contributed by atoms with Gasteiger partial charge in [-0.2, -0.15) is 5.26 Å². The van der Waals surface area contributed by atoms with Crippen LogP contribution in [0.5, 0.6) is 11.5 Å². The Hall–Kier alpha value is -1.93. The molecule has 7 heteroatoms. The minimum atomic E-state index is -0.619. The van der Waals surface area contributed by atoms with Crippen molar-refractivity contribution in [1.29, 1.82) is 5.26 Å². The molecular weight excluding hydrogens is 349 g/mol. The molecule has 0 aromatic heterocycles. The smallest absolute Gasteiger partial charge is 0.349 e. The highest BCUT2D eigenvalue weighted by molar-refractivity contribution is 6.43. The van der Waals surface area contributed by atoms with Crippen molar-refractivity contribution in [3.63, 3.8) is 0 Å². The molecule has 22 heavy (non-hydrogen) atoms. The summed E-state index contributed by atoms with van der Waals surface area (Å²) in [4.78, 5) is 11.7. The fourth-order valence-corrected chi connectivity index (χ4v) is 2.10.